The van der Waals surface area contributed by atoms with Crippen LogP contribution in [0.5, 0.6) is 0 Å². The summed E-state index contributed by atoms with van der Waals surface area (Å²) in [5.41, 5.74) is 0.768. The van der Waals surface area contributed by atoms with E-state index in [1.54, 1.807) is 4.63 Å². The molecular formula is C15H19N7O. The summed E-state index contributed by atoms with van der Waals surface area (Å²) in [5.74, 6) is 3.51. The maximum absolute atomic E-state index is 5.48. The van der Waals surface area contributed by atoms with Crippen molar-refractivity contribution in [2.24, 2.45) is 5.92 Å². The number of hydrogen-bond acceptors (Lipinski definition) is 7. The first kappa shape index (κ1) is 14.1. The van der Waals surface area contributed by atoms with Crippen LogP contribution in [0.15, 0.2) is 16.5 Å². The lowest BCUT2D eigenvalue weighted by Gasteiger charge is -2.13. The molecular weight excluding hydrogens is 294 g/mol. The molecule has 1 fully saturated rings. The highest BCUT2D eigenvalue weighted by atomic mass is 16.4. The normalized spacial score (nSPS) is 21.1. The molecule has 8 heteroatoms. The van der Waals surface area contributed by atoms with E-state index in [1.165, 1.54) is 0 Å². The smallest absolute Gasteiger partial charge is 0.216 e. The molecule has 23 heavy (non-hydrogen) atoms. The molecule has 8 nitrogen and oxygen atoms in total. The fourth-order valence-corrected chi connectivity index (χ4v) is 3.23. The van der Waals surface area contributed by atoms with Crippen LogP contribution in [-0.2, 0) is 6.42 Å². The SMILES string of the molecule is Cc1nc2ccc(N[C@H]3CC[C@@H](Cc4nnc(C)o4)C3)nn2n1. The second kappa shape index (κ2) is 5.60. The van der Waals surface area contributed by atoms with E-state index < -0.39 is 0 Å². The Hall–Kier alpha value is -2.51. The summed E-state index contributed by atoms with van der Waals surface area (Å²) >= 11 is 0. The Kier molecular flexibility index (Phi) is 3.44. The lowest BCUT2D eigenvalue weighted by molar-refractivity contribution is 0.416. The largest absolute Gasteiger partial charge is 0.426 e. The predicted octanol–water partition coefficient (Wildman–Crippen LogP) is 1.95. The quantitative estimate of drug-likeness (QED) is 0.786. The molecule has 0 bridgehead atoms. The molecule has 3 heterocycles. The maximum Gasteiger partial charge on any atom is 0.216 e. The summed E-state index contributed by atoms with van der Waals surface area (Å²) in [6, 6.07) is 4.31. The number of fused-ring (bicyclic) bond motifs is 1. The highest BCUT2D eigenvalue weighted by Crippen LogP contribution is 2.30. The summed E-state index contributed by atoms with van der Waals surface area (Å²) in [7, 11) is 0. The fourth-order valence-electron chi connectivity index (χ4n) is 3.23. The first-order valence-electron chi connectivity index (χ1n) is 7.92. The van der Waals surface area contributed by atoms with Crippen molar-refractivity contribution in [3.8, 4) is 0 Å². The predicted molar refractivity (Wildman–Crippen MR) is 83.0 cm³/mol. The van der Waals surface area contributed by atoms with Crippen LogP contribution in [0, 0.1) is 19.8 Å². The molecule has 0 spiro atoms. The first-order valence-corrected chi connectivity index (χ1v) is 7.92. The van der Waals surface area contributed by atoms with E-state index in [2.05, 4.69) is 30.7 Å². The Balaban J connectivity index is 1.39. The molecule has 0 radical (unpaired) electrons. The van der Waals surface area contributed by atoms with Gasteiger partial charge in [0.05, 0.1) is 0 Å². The van der Waals surface area contributed by atoms with Gasteiger partial charge in [0.1, 0.15) is 11.6 Å². The van der Waals surface area contributed by atoms with Crippen molar-refractivity contribution in [1.82, 2.24) is 30.0 Å². The number of anilines is 1. The van der Waals surface area contributed by atoms with E-state index in [1.807, 2.05) is 26.0 Å². The standard InChI is InChI=1S/C15H19N7O/c1-9-16-14-6-5-13(21-22(14)20-9)17-12-4-3-11(7-12)8-15-19-18-10(2)23-15/h5-6,11-12H,3-4,7-8H2,1-2H3,(H,17,21)/t11-,12+/m1/s1. The summed E-state index contributed by atoms with van der Waals surface area (Å²) in [6.07, 6.45) is 4.21. The Morgan fingerprint density at radius 3 is 2.96 bits per heavy atom. The van der Waals surface area contributed by atoms with Crippen LogP contribution in [0.3, 0.4) is 0 Å². The van der Waals surface area contributed by atoms with Crippen LogP contribution >= 0.6 is 0 Å². The van der Waals surface area contributed by atoms with Crippen molar-refractivity contribution >= 4 is 11.5 Å². The van der Waals surface area contributed by atoms with Gasteiger partial charge in [-0.2, -0.15) is 0 Å². The molecule has 2 atom stereocenters. The second-order valence-corrected chi connectivity index (χ2v) is 6.16. The highest BCUT2D eigenvalue weighted by molar-refractivity contribution is 5.44. The second-order valence-electron chi connectivity index (χ2n) is 6.16. The van der Waals surface area contributed by atoms with Crippen molar-refractivity contribution in [3.63, 3.8) is 0 Å². The number of aryl methyl sites for hydroxylation is 2. The summed E-state index contributed by atoms with van der Waals surface area (Å²) in [4.78, 5) is 4.29. The van der Waals surface area contributed by atoms with E-state index >= 15 is 0 Å². The van der Waals surface area contributed by atoms with Gasteiger partial charge in [-0.05, 0) is 44.2 Å². The lowest BCUT2D eigenvalue weighted by Crippen LogP contribution is -2.17. The summed E-state index contributed by atoms with van der Waals surface area (Å²) in [5, 5.41) is 20.2. The van der Waals surface area contributed by atoms with E-state index in [0.717, 1.165) is 48.9 Å². The number of nitrogens with one attached hydrogen (secondary N) is 1. The van der Waals surface area contributed by atoms with Crippen LogP contribution in [0.4, 0.5) is 5.82 Å². The molecule has 0 saturated heterocycles. The molecule has 4 rings (SSSR count). The molecule has 0 amide bonds. The van der Waals surface area contributed by atoms with Gasteiger partial charge in [-0.25, -0.2) is 4.98 Å². The fraction of sp³-hybridized carbons (Fsp3) is 0.533. The molecule has 1 saturated carbocycles. The molecule has 0 aliphatic heterocycles. The van der Waals surface area contributed by atoms with E-state index in [4.69, 9.17) is 4.42 Å². The minimum absolute atomic E-state index is 0.415. The van der Waals surface area contributed by atoms with Gasteiger partial charge in [0.2, 0.25) is 11.8 Å². The molecule has 120 valence electrons. The third-order valence-corrected chi connectivity index (χ3v) is 4.24. The van der Waals surface area contributed by atoms with Gasteiger partial charge in [-0.1, -0.05) is 0 Å². The third-order valence-electron chi connectivity index (χ3n) is 4.24. The minimum atomic E-state index is 0.415. The van der Waals surface area contributed by atoms with Gasteiger partial charge in [0.15, 0.2) is 5.65 Å². The molecule has 1 N–H and O–H groups in total. The van der Waals surface area contributed by atoms with Crippen LogP contribution in [-0.4, -0.2) is 36.1 Å². The van der Waals surface area contributed by atoms with Crippen molar-refractivity contribution in [2.45, 2.75) is 45.6 Å². The Bertz CT molecular complexity index is 824. The molecule has 0 aromatic carbocycles. The number of aromatic nitrogens is 6. The topological polar surface area (TPSA) is 94.0 Å². The van der Waals surface area contributed by atoms with Crippen molar-refractivity contribution < 1.29 is 4.42 Å². The van der Waals surface area contributed by atoms with E-state index in [0.29, 0.717) is 17.9 Å². The Morgan fingerprint density at radius 1 is 1.22 bits per heavy atom. The zero-order chi connectivity index (χ0) is 15.8. The van der Waals surface area contributed by atoms with Crippen LogP contribution in [0.1, 0.15) is 36.9 Å². The van der Waals surface area contributed by atoms with Crippen molar-refractivity contribution in [3.05, 3.63) is 29.7 Å². The van der Waals surface area contributed by atoms with Crippen molar-refractivity contribution in [1.29, 1.82) is 0 Å². The van der Waals surface area contributed by atoms with E-state index in [9.17, 15) is 0 Å². The highest BCUT2D eigenvalue weighted by Gasteiger charge is 2.26. The zero-order valence-electron chi connectivity index (χ0n) is 13.2. The van der Waals surface area contributed by atoms with Gasteiger partial charge >= 0.3 is 0 Å². The number of hydrogen-bond donors (Lipinski definition) is 1. The Labute approximate surface area is 133 Å². The van der Waals surface area contributed by atoms with Gasteiger partial charge in [-0.3, -0.25) is 0 Å². The monoisotopic (exact) mass is 313 g/mol. The molecule has 1 aliphatic carbocycles. The average Bonchev–Trinajstić information content (AvgIpc) is 3.20. The van der Waals surface area contributed by atoms with Gasteiger partial charge in [0.25, 0.3) is 0 Å². The third kappa shape index (κ3) is 3.01. The lowest BCUT2D eigenvalue weighted by atomic mass is 10.0. The van der Waals surface area contributed by atoms with Crippen molar-refractivity contribution in [2.75, 3.05) is 5.32 Å². The van der Waals surface area contributed by atoms with Gasteiger partial charge < -0.3 is 9.73 Å². The van der Waals surface area contributed by atoms with Gasteiger partial charge in [-0.15, -0.1) is 25.0 Å². The Morgan fingerprint density at radius 2 is 2.13 bits per heavy atom. The molecule has 3 aromatic rings. The maximum atomic E-state index is 5.48. The van der Waals surface area contributed by atoms with E-state index in [-0.39, 0.29) is 0 Å². The number of rotatable bonds is 4. The number of nitrogens with zero attached hydrogens (tertiary/aromatic N) is 6. The molecule has 0 unspecified atom stereocenters. The summed E-state index contributed by atoms with van der Waals surface area (Å²) in [6.45, 7) is 3.69. The average molecular weight is 313 g/mol. The zero-order valence-corrected chi connectivity index (χ0v) is 13.2. The van der Waals surface area contributed by atoms with Crippen LogP contribution in [0.2, 0.25) is 0 Å². The summed E-state index contributed by atoms with van der Waals surface area (Å²) < 4.78 is 7.05. The van der Waals surface area contributed by atoms with Crippen LogP contribution in [0.25, 0.3) is 5.65 Å². The molecule has 3 aromatic heterocycles. The first-order chi connectivity index (χ1) is 11.2. The minimum Gasteiger partial charge on any atom is -0.426 e. The van der Waals surface area contributed by atoms with Crippen LogP contribution < -0.4 is 5.32 Å². The van der Waals surface area contributed by atoms with Gasteiger partial charge in [0, 0.05) is 19.4 Å². The molecule has 1 aliphatic rings.